The van der Waals surface area contributed by atoms with Crippen molar-refractivity contribution < 1.29 is 17.2 Å². The van der Waals surface area contributed by atoms with E-state index in [0.717, 1.165) is 24.0 Å². The maximum absolute atomic E-state index is 13.6. The van der Waals surface area contributed by atoms with E-state index >= 15 is 0 Å². The average molecular weight is 398 g/mol. The van der Waals surface area contributed by atoms with Crippen molar-refractivity contribution in [1.82, 2.24) is 5.43 Å². The molecule has 0 bridgehead atoms. The molecule has 2 rings (SSSR count). The van der Waals surface area contributed by atoms with Crippen LogP contribution in [0.4, 0.5) is 20.2 Å². The molecule has 2 aromatic carbocycles. The summed E-state index contributed by atoms with van der Waals surface area (Å²) in [4.78, 5) is 0. The standard InChI is InChI=1S/C16H16F2N4O2S2/c1-10(11-3-6-13(7-4-11)22-26(2,23)24)20-21-16(25)19-15-8-5-12(17)9-14(15)18/h3-9,22H,1-2H3,(H2,19,21,25). The van der Waals surface area contributed by atoms with Crippen molar-refractivity contribution in [3.05, 3.63) is 59.7 Å². The van der Waals surface area contributed by atoms with Crippen LogP contribution in [0, 0.1) is 11.6 Å². The highest BCUT2D eigenvalue weighted by molar-refractivity contribution is 7.92. The predicted molar refractivity (Wildman–Crippen MR) is 103 cm³/mol. The molecule has 3 N–H and O–H groups in total. The molecule has 0 radical (unpaired) electrons. The van der Waals surface area contributed by atoms with Crippen LogP contribution in [-0.4, -0.2) is 25.5 Å². The molecule has 0 fully saturated rings. The van der Waals surface area contributed by atoms with Gasteiger partial charge in [-0.2, -0.15) is 5.10 Å². The van der Waals surface area contributed by atoms with Crippen LogP contribution in [0.5, 0.6) is 0 Å². The number of hydrogen-bond acceptors (Lipinski definition) is 4. The number of hydrazone groups is 1. The highest BCUT2D eigenvalue weighted by Gasteiger charge is 2.06. The van der Waals surface area contributed by atoms with E-state index in [1.54, 1.807) is 31.2 Å². The summed E-state index contributed by atoms with van der Waals surface area (Å²) in [7, 11) is -3.34. The largest absolute Gasteiger partial charge is 0.329 e. The third-order valence-electron chi connectivity index (χ3n) is 3.11. The van der Waals surface area contributed by atoms with E-state index in [4.69, 9.17) is 12.2 Å². The second kappa shape index (κ2) is 8.19. The molecule has 0 aliphatic carbocycles. The average Bonchev–Trinajstić information content (AvgIpc) is 2.54. The van der Waals surface area contributed by atoms with Gasteiger partial charge >= 0.3 is 0 Å². The lowest BCUT2D eigenvalue weighted by Gasteiger charge is -2.09. The minimum atomic E-state index is -3.34. The number of sulfonamides is 1. The summed E-state index contributed by atoms with van der Waals surface area (Å²) in [5, 5.41) is 6.68. The Balaban J connectivity index is 1.99. The first-order valence-electron chi connectivity index (χ1n) is 7.28. The number of anilines is 2. The molecule has 0 aliphatic rings. The number of rotatable bonds is 5. The van der Waals surface area contributed by atoms with Gasteiger partial charge in [-0.25, -0.2) is 17.2 Å². The number of hydrogen-bond donors (Lipinski definition) is 3. The molecule has 26 heavy (non-hydrogen) atoms. The van der Waals surface area contributed by atoms with Crippen molar-refractivity contribution in [2.75, 3.05) is 16.3 Å². The quantitative estimate of drug-likeness (QED) is 0.410. The van der Waals surface area contributed by atoms with Gasteiger partial charge in [0.05, 0.1) is 17.7 Å². The number of thiocarbonyl (C=S) groups is 1. The van der Waals surface area contributed by atoms with E-state index in [1.165, 1.54) is 6.07 Å². The topological polar surface area (TPSA) is 82.6 Å². The number of nitrogens with zero attached hydrogens (tertiary/aromatic N) is 1. The smallest absolute Gasteiger partial charge is 0.229 e. The van der Waals surface area contributed by atoms with Crippen LogP contribution in [0.1, 0.15) is 12.5 Å². The number of nitrogens with one attached hydrogen (secondary N) is 3. The number of benzene rings is 2. The van der Waals surface area contributed by atoms with Crippen molar-refractivity contribution >= 4 is 44.4 Å². The van der Waals surface area contributed by atoms with E-state index in [1.807, 2.05) is 0 Å². The van der Waals surface area contributed by atoms with Gasteiger partial charge in [0.1, 0.15) is 11.6 Å². The predicted octanol–water partition coefficient (Wildman–Crippen LogP) is 3.05. The Morgan fingerprint density at radius 1 is 1.12 bits per heavy atom. The Kier molecular flexibility index (Phi) is 6.22. The molecule has 138 valence electrons. The zero-order chi connectivity index (χ0) is 19.3. The molecule has 0 unspecified atom stereocenters. The summed E-state index contributed by atoms with van der Waals surface area (Å²) < 4.78 is 51.1. The van der Waals surface area contributed by atoms with Gasteiger partial charge in [0, 0.05) is 11.8 Å². The lowest BCUT2D eigenvalue weighted by atomic mass is 10.1. The Hall–Kier alpha value is -2.59. The van der Waals surface area contributed by atoms with E-state index < -0.39 is 21.7 Å². The summed E-state index contributed by atoms with van der Waals surface area (Å²) in [6.07, 6.45) is 1.06. The molecule has 0 saturated heterocycles. The molecule has 0 saturated carbocycles. The van der Waals surface area contributed by atoms with Crippen molar-refractivity contribution in [2.24, 2.45) is 5.10 Å². The lowest BCUT2D eigenvalue weighted by Crippen LogP contribution is -2.25. The maximum atomic E-state index is 13.6. The monoisotopic (exact) mass is 398 g/mol. The maximum Gasteiger partial charge on any atom is 0.229 e. The van der Waals surface area contributed by atoms with Gasteiger partial charge in [-0.15, -0.1) is 0 Å². The SMILES string of the molecule is CC(=NNC(=S)Nc1ccc(F)cc1F)c1ccc(NS(C)(=O)=O)cc1. The summed E-state index contributed by atoms with van der Waals surface area (Å²) in [6, 6.07) is 9.64. The third kappa shape index (κ3) is 6.05. The zero-order valence-electron chi connectivity index (χ0n) is 13.9. The fourth-order valence-corrected chi connectivity index (χ4v) is 2.65. The van der Waals surface area contributed by atoms with E-state index in [0.29, 0.717) is 11.4 Å². The number of halogens is 2. The van der Waals surface area contributed by atoms with Gasteiger partial charge in [-0.05, 0) is 49.0 Å². The molecule has 0 aromatic heterocycles. The van der Waals surface area contributed by atoms with E-state index in [2.05, 4.69) is 20.6 Å². The van der Waals surface area contributed by atoms with Crippen LogP contribution in [0.25, 0.3) is 0 Å². The fourth-order valence-electron chi connectivity index (χ4n) is 1.93. The van der Waals surface area contributed by atoms with Gasteiger partial charge < -0.3 is 5.32 Å². The summed E-state index contributed by atoms with van der Waals surface area (Å²) in [5.41, 5.74) is 4.31. The highest BCUT2D eigenvalue weighted by Crippen LogP contribution is 2.15. The van der Waals surface area contributed by atoms with Crippen molar-refractivity contribution in [1.29, 1.82) is 0 Å². The van der Waals surface area contributed by atoms with Crippen LogP contribution in [0.3, 0.4) is 0 Å². The Bertz CT molecular complexity index is 945. The minimum Gasteiger partial charge on any atom is -0.329 e. The Morgan fingerprint density at radius 3 is 2.35 bits per heavy atom. The molecule has 10 heteroatoms. The summed E-state index contributed by atoms with van der Waals surface area (Å²) in [6.45, 7) is 1.72. The molecule has 0 spiro atoms. The third-order valence-corrected chi connectivity index (χ3v) is 3.91. The first kappa shape index (κ1) is 19.7. The van der Waals surface area contributed by atoms with Crippen LogP contribution in [0.15, 0.2) is 47.6 Å². The Labute approximate surface area is 155 Å². The molecule has 2 aromatic rings. The molecular weight excluding hydrogens is 382 g/mol. The first-order chi connectivity index (χ1) is 12.1. The van der Waals surface area contributed by atoms with Crippen molar-refractivity contribution in [2.45, 2.75) is 6.92 Å². The van der Waals surface area contributed by atoms with Crippen molar-refractivity contribution in [3.8, 4) is 0 Å². The molecule has 6 nitrogen and oxygen atoms in total. The Morgan fingerprint density at radius 2 is 1.77 bits per heavy atom. The van der Waals surface area contributed by atoms with Gasteiger partial charge in [-0.3, -0.25) is 10.1 Å². The van der Waals surface area contributed by atoms with Gasteiger partial charge in [-0.1, -0.05) is 12.1 Å². The highest BCUT2D eigenvalue weighted by atomic mass is 32.2. The van der Waals surface area contributed by atoms with Gasteiger partial charge in [0.2, 0.25) is 10.0 Å². The normalized spacial score (nSPS) is 11.8. The van der Waals surface area contributed by atoms with Crippen LogP contribution in [-0.2, 0) is 10.0 Å². The van der Waals surface area contributed by atoms with Gasteiger partial charge in [0.25, 0.3) is 0 Å². The van der Waals surface area contributed by atoms with Gasteiger partial charge in [0.15, 0.2) is 5.11 Å². The van der Waals surface area contributed by atoms with Crippen LogP contribution in [0.2, 0.25) is 0 Å². The molecule has 0 heterocycles. The van der Waals surface area contributed by atoms with E-state index in [9.17, 15) is 17.2 Å². The lowest BCUT2D eigenvalue weighted by molar-refractivity contribution is 0.586. The fraction of sp³-hybridized carbons (Fsp3) is 0.125. The first-order valence-corrected chi connectivity index (χ1v) is 9.58. The minimum absolute atomic E-state index is 0.0213. The van der Waals surface area contributed by atoms with E-state index in [-0.39, 0.29) is 10.8 Å². The summed E-state index contributed by atoms with van der Waals surface area (Å²) >= 11 is 5.01. The zero-order valence-corrected chi connectivity index (χ0v) is 15.5. The summed E-state index contributed by atoms with van der Waals surface area (Å²) in [5.74, 6) is -1.46. The second-order valence-corrected chi connectivity index (χ2v) is 7.50. The molecule has 0 atom stereocenters. The van der Waals surface area contributed by atoms with Crippen molar-refractivity contribution in [3.63, 3.8) is 0 Å². The molecule has 0 amide bonds. The second-order valence-electron chi connectivity index (χ2n) is 5.34. The van der Waals surface area contributed by atoms with Crippen LogP contribution >= 0.6 is 12.2 Å². The molecule has 0 aliphatic heterocycles. The van der Waals surface area contributed by atoms with Crippen LogP contribution < -0.4 is 15.5 Å². The molecular formula is C16H16F2N4O2S2.